The number of hydrogen-bond donors (Lipinski definition) is 1. The topological polar surface area (TPSA) is 76.1 Å². The number of amides is 1. The van der Waals surface area contributed by atoms with E-state index < -0.39 is 23.8 Å². The van der Waals surface area contributed by atoms with Gasteiger partial charge in [0.2, 0.25) is 0 Å². The number of ether oxygens (including phenoxy) is 2. The van der Waals surface area contributed by atoms with Gasteiger partial charge in [0.1, 0.15) is 17.8 Å². The molecule has 0 bridgehead atoms. The third kappa shape index (κ3) is 4.35. The van der Waals surface area contributed by atoms with Gasteiger partial charge in [0.15, 0.2) is 0 Å². The van der Waals surface area contributed by atoms with Crippen LogP contribution < -0.4 is 0 Å². The van der Waals surface area contributed by atoms with Crippen LogP contribution in [-0.2, 0) is 19.9 Å². The third-order valence-electron chi connectivity index (χ3n) is 5.57. The van der Waals surface area contributed by atoms with Crippen molar-refractivity contribution in [1.29, 1.82) is 0 Å². The fourth-order valence-corrected chi connectivity index (χ4v) is 4.91. The summed E-state index contributed by atoms with van der Waals surface area (Å²) in [4.78, 5) is 26.1. The standard InChI is InChI=1S/C21H28BrNO5/c1-19(2,3)28-18(26)23-14-21(27-12-17(24)25,13-20(23)9-4-5-10-20)15-7-6-8-16(22)11-15/h6-8,11H,4-5,9-10,12-14H2,1-3H3,(H,24,25). The molecule has 1 N–H and O–H groups in total. The first-order valence-corrected chi connectivity index (χ1v) is 10.5. The second-order valence-corrected chi connectivity index (χ2v) is 9.78. The minimum absolute atomic E-state index is 0.283. The zero-order chi connectivity index (χ0) is 20.6. The van der Waals surface area contributed by atoms with E-state index in [4.69, 9.17) is 9.47 Å². The van der Waals surface area contributed by atoms with E-state index >= 15 is 0 Å². The molecule has 1 unspecified atom stereocenters. The largest absolute Gasteiger partial charge is 0.480 e. The van der Waals surface area contributed by atoms with Crippen molar-refractivity contribution in [2.24, 2.45) is 0 Å². The Kier molecular flexibility index (Phi) is 5.79. The molecule has 2 aliphatic rings. The van der Waals surface area contributed by atoms with Crippen LogP contribution in [-0.4, -0.2) is 46.4 Å². The summed E-state index contributed by atoms with van der Waals surface area (Å²) in [6, 6.07) is 7.71. The summed E-state index contributed by atoms with van der Waals surface area (Å²) >= 11 is 3.50. The van der Waals surface area contributed by atoms with Gasteiger partial charge in [0.25, 0.3) is 0 Å². The number of benzene rings is 1. The fourth-order valence-electron chi connectivity index (χ4n) is 4.51. The van der Waals surface area contributed by atoms with Gasteiger partial charge in [-0.2, -0.15) is 0 Å². The van der Waals surface area contributed by atoms with E-state index in [1.807, 2.05) is 45.0 Å². The van der Waals surface area contributed by atoms with Gasteiger partial charge in [-0.1, -0.05) is 40.9 Å². The molecule has 2 fully saturated rings. The lowest BCUT2D eigenvalue weighted by Crippen LogP contribution is -2.47. The Morgan fingerprint density at radius 1 is 1.25 bits per heavy atom. The van der Waals surface area contributed by atoms with Crippen LogP contribution in [0.15, 0.2) is 28.7 Å². The second-order valence-electron chi connectivity index (χ2n) is 8.86. The smallest absolute Gasteiger partial charge is 0.410 e. The number of rotatable bonds is 4. The van der Waals surface area contributed by atoms with Gasteiger partial charge >= 0.3 is 12.1 Å². The minimum atomic E-state index is -1.02. The molecule has 1 aromatic carbocycles. The molecule has 1 aromatic rings. The van der Waals surface area contributed by atoms with Crippen molar-refractivity contribution in [2.75, 3.05) is 13.2 Å². The molecule has 28 heavy (non-hydrogen) atoms. The summed E-state index contributed by atoms with van der Waals surface area (Å²) in [6.07, 6.45) is 4.03. The maximum Gasteiger partial charge on any atom is 0.410 e. The average molecular weight is 454 g/mol. The Labute approximate surface area is 174 Å². The molecule has 1 amide bonds. The van der Waals surface area contributed by atoms with Crippen molar-refractivity contribution in [3.8, 4) is 0 Å². The summed E-state index contributed by atoms with van der Waals surface area (Å²) < 4.78 is 12.6. The number of aliphatic carboxylic acids is 1. The quantitative estimate of drug-likeness (QED) is 0.714. The maximum absolute atomic E-state index is 13.1. The highest BCUT2D eigenvalue weighted by molar-refractivity contribution is 9.10. The van der Waals surface area contributed by atoms with Crippen molar-refractivity contribution >= 4 is 28.0 Å². The van der Waals surface area contributed by atoms with Crippen LogP contribution in [0.4, 0.5) is 4.79 Å². The highest BCUT2D eigenvalue weighted by Crippen LogP contribution is 2.52. The molecular weight excluding hydrogens is 426 g/mol. The lowest BCUT2D eigenvalue weighted by atomic mass is 9.84. The zero-order valence-corrected chi connectivity index (χ0v) is 18.3. The van der Waals surface area contributed by atoms with Crippen LogP contribution in [0, 0.1) is 0 Å². The van der Waals surface area contributed by atoms with E-state index in [0.717, 1.165) is 35.7 Å². The maximum atomic E-state index is 13.1. The number of hydrogen-bond acceptors (Lipinski definition) is 4. The van der Waals surface area contributed by atoms with E-state index in [1.165, 1.54) is 0 Å². The van der Waals surface area contributed by atoms with E-state index in [-0.39, 0.29) is 18.2 Å². The van der Waals surface area contributed by atoms with Crippen molar-refractivity contribution in [3.63, 3.8) is 0 Å². The molecule has 3 rings (SSSR count). The molecule has 154 valence electrons. The normalized spacial score (nSPS) is 23.9. The first kappa shape index (κ1) is 21.1. The molecule has 1 atom stereocenters. The molecule has 1 saturated heterocycles. The molecule has 1 aliphatic heterocycles. The number of carbonyl (C=O) groups is 2. The Bertz CT molecular complexity index is 753. The van der Waals surface area contributed by atoms with Crippen LogP contribution in [0.25, 0.3) is 0 Å². The molecule has 1 saturated carbocycles. The van der Waals surface area contributed by atoms with Gasteiger partial charge < -0.3 is 14.6 Å². The van der Waals surface area contributed by atoms with Crippen LogP contribution in [0.1, 0.15) is 58.4 Å². The lowest BCUT2D eigenvalue weighted by Gasteiger charge is -2.35. The van der Waals surface area contributed by atoms with Gasteiger partial charge in [0.05, 0.1) is 6.54 Å². The predicted octanol–water partition coefficient (Wildman–Crippen LogP) is 4.70. The lowest BCUT2D eigenvalue weighted by molar-refractivity contribution is -0.150. The van der Waals surface area contributed by atoms with Crippen molar-refractivity contribution in [2.45, 2.75) is 69.6 Å². The molecule has 7 heteroatoms. The highest BCUT2D eigenvalue weighted by atomic mass is 79.9. The van der Waals surface area contributed by atoms with Crippen molar-refractivity contribution in [1.82, 2.24) is 4.90 Å². The van der Waals surface area contributed by atoms with Crippen LogP contribution in [0.5, 0.6) is 0 Å². The Balaban J connectivity index is 2.00. The fraction of sp³-hybridized carbons (Fsp3) is 0.619. The van der Waals surface area contributed by atoms with E-state index in [9.17, 15) is 14.7 Å². The van der Waals surface area contributed by atoms with Gasteiger partial charge in [-0.3, -0.25) is 4.90 Å². The summed E-state index contributed by atoms with van der Waals surface area (Å²) in [5, 5.41) is 9.24. The molecule has 1 heterocycles. The molecule has 1 aliphatic carbocycles. The van der Waals surface area contributed by atoms with E-state index in [1.54, 1.807) is 4.90 Å². The van der Waals surface area contributed by atoms with Crippen LogP contribution in [0.3, 0.4) is 0 Å². The number of carbonyl (C=O) groups excluding carboxylic acids is 1. The monoisotopic (exact) mass is 453 g/mol. The van der Waals surface area contributed by atoms with Crippen LogP contribution in [0.2, 0.25) is 0 Å². The zero-order valence-electron chi connectivity index (χ0n) is 16.7. The SMILES string of the molecule is CC(C)(C)OC(=O)N1CC(OCC(=O)O)(c2cccc(Br)c2)CC12CCCC2. The van der Waals surface area contributed by atoms with E-state index in [0.29, 0.717) is 6.42 Å². The minimum Gasteiger partial charge on any atom is -0.480 e. The number of carboxylic acid groups (broad SMARTS) is 1. The summed E-state index contributed by atoms with van der Waals surface area (Å²) in [7, 11) is 0. The molecule has 1 spiro atoms. The summed E-state index contributed by atoms with van der Waals surface area (Å²) in [5.74, 6) is -1.02. The van der Waals surface area contributed by atoms with Gasteiger partial charge in [-0.25, -0.2) is 9.59 Å². The van der Waals surface area contributed by atoms with Gasteiger partial charge in [-0.05, 0) is 51.3 Å². The number of likely N-dealkylation sites (tertiary alicyclic amines) is 1. The molecule has 0 radical (unpaired) electrons. The second kappa shape index (κ2) is 7.67. The Morgan fingerprint density at radius 2 is 1.93 bits per heavy atom. The first-order valence-electron chi connectivity index (χ1n) is 9.68. The Morgan fingerprint density at radius 3 is 2.50 bits per heavy atom. The van der Waals surface area contributed by atoms with Crippen molar-refractivity contribution in [3.05, 3.63) is 34.3 Å². The predicted molar refractivity (Wildman–Crippen MR) is 108 cm³/mol. The molecular formula is C21H28BrNO5. The van der Waals surface area contributed by atoms with Gasteiger partial charge in [0, 0.05) is 16.4 Å². The number of carboxylic acids is 1. The first-order chi connectivity index (χ1) is 13.1. The average Bonchev–Trinajstić information content (AvgIpc) is 3.18. The van der Waals surface area contributed by atoms with Crippen molar-refractivity contribution < 1.29 is 24.2 Å². The number of nitrogens with zero attached hydrogens (tertiary/aromatic N) is 1. The molecule has 0 aromatic heterocycles. The van der Waals surface area contributed by atoms with Crippen LogP contribution >= 0.6 is 15.9 Å². The molecule has 6 nitrogen and oxygen atoms in total. The third-order valence-corrected chi connectivity index (χ3v) is 6.06. The highest BCUT2D eigenvalue weighted by Gasteiger charge is 2.58. The Hall–Kier alpha value is -1.60. The van der Waals surface area contributed by atoms with Gasteiger partial charge in [-0.15, -0.1) is 0 Å². The number of halogens is 1. The van der Waals surface area contributed by atoms with E-state index in [2.05, 4.69) is 15.9 Å². The summed E-state index contributed by atoms with van der Waals surface area (Å²) in [5.41, 5.74) is -0.952. The summed E-state index contributed by atoms with van der Waals surface area (Å²) in [6.45, 7) is 5.43.